The number of hydrogen-bond donors (Lipinski definition) is 1. The molecule has 1 aromatic carbocycles. The second-order valence-electron chi connectivity index (χ2n) is 5.49. The van der Waals surface area contributed by atoms with Crippen molar-refractivity contribution in [3.05, 3.63) is 52.6 Å². The molecule has 1 aliphatic rings. The standard InChI is InChI=1S/C15H14N4O5/c20-14(21)8-18(11-2-3-11)15(22)10-1-4-12(13(7-10)19(23)24)17-6-5-16-9-17/h1,4-7,9,11H,2-3,8H2,(H,20,21). The van der Waals surface area contributed by atoms with Crippen LogP contribution in [0.15, 0.2) is 36.9 Å². The smallest absolute Gasteiger partial charge is 0.323 e. The Labute approximate surface area is 136 Å². The number of imidazole rings is 1. The Kier molecular flexibility index (Phi) is 3.98. The first-order valence-electron chi connectivity index (χ1n) is 7.27. The van der Waals surface area contributed by atoms with Gasteiger partial charge in [0.15, 0.2) is 0 Å². The van der Waals surface area contributed by atoms with Crippen molar-refractivity contribution < 1.29 is 19.6 Å². The summed E-state index contributed by atoms with van der Waals surface area (Å²) in [5.74, 6) is -1.63. The number of nitro benzene ring substituents is 1. The zero-order valence-electron chi connectivity index (χ0n) is 12.5. The van der Waals surface area contributed by atoms with E-state index in [4.69, 9.17) is 5.11 Å². The quantitative estimate of drug-likeness (QED) is 0.633. The molecule has 1 saturated carbocycles. The first kappa shape index (κ1) is 15.7. The number of aliphatic carboxylic acids is 1. The van der Waals surface area contributed by atoms with Gasteiger partial charge in [-0.15, -0.1) is 0 Å². The lowest BCUT2D eigenvalue weighted by molar-refractivity contribution is -0.384. The summed E-state index contributed by atoms with van der Waals surface area (Å²) >= 11 is 0. The summed E-state index contributed by atoms with van der Waals surface area (Å²) in [4.78, 5) is 39.4. The fourth-order valence-corrected chi connectivity index (χ4v) is 2.49. The molecule has 1 N–H and O–H groups in total. The van der Waals surface area contributed by atoms with Gasteiger partial charge in [-0.1, -0.05) is 0 Å². The molecule has 0 bridgehead atoms. The Balaban J connectivity index is 1.96. The molecule has 0 aliphatic heterocycles. The number of amides is 1. The minimum absolute atomic E-state index is 0.0960. The first-order chi connectivity index (χ1) is 11.5. The highest BCUT2D eigenvalue weighted by molar-refractivity contribution is 5.97. The number of nitro groups is 1. The van der Waals surface area contributed by atoms with Crippen LogP contribution < -0.4 is 0 Å². The Morgan fingerprint density at radius 3 is 2.71 bits per heavy atom. The van der Waals surface area contributed by atoms with Crippen molar-refractivity contribution in [2.24, 2.45) is 0 Å². The minimum Gasteiger partial charge on any atom is -0.480 e. The van der Waals surface area contributed by atoms with Gasteiger partial charge in [0, 0.05) is 30.1 Å². The molecule has 0 saturated heterocycles. The summed E-state index contributed by atoms with van der Waals surface area (Å²) in [6, 6.07) is 3.98. The molecule has 24 heavy (non-hydrogen) atoms. The second kappa shape index (κ2) is 6.11. The fraction of sp³-hybridized carbons (Fsp3) is 0.267. The van der Waals surface area contributed by atoms with E-state index in [1.54, 1.807) is 6.20 Å². The van der Waals surface area contributed by atoms with Gasteiger partial charge in [-0.2, -0.15) is 0 Å². The molecule has 1 heterocycles. The molecule has 1 amide bonds. The summed E-state index contributed by atoms with van der Waals surface area (Å²) in [5.41, 5.74) is 0.133. The van der Waals surface area contributed by atoms with Gasteiger partial charge in [-0.05, 0) is 25.0 Å². The lowest BCUT2D eigenvalue weighted by atomic mass is 10.1. The predicted octanol–water partition coefficient (Wildman–Crippen LogP) is 1.47. The number of carboxylic acid groups (broad SMARTS) is 1. The van der Waals surface area contributed by atoms with Crippen LogP contribution in [0.1, 0.15) is 23.2 Å². The number of carboxylic acids is 1. The molecular weight excluding hydrogens is 316 g/mol. The van der Waals surface area contributed by atoms with Gasteiger partial charge in [0.05, 0.1) is 11.3 Å². The van der Waals surface area contributed by atoms with Crippen molar-refractivity contribution in [1.29, 1.82) is 0 Å². The third-order valence-corrected chi connectivity index (χ3v) is 3.76. The van der Waals surface area contributed by atoms with E-state index in [1.807, 2.05) is 0 Å². The summed E-state index contributed by atoms with van der Waals surface area (Å²) in [7, 11) is 0. The number of aromatic nitrogens is 2. The summed E-state index contributed by atoms with van der Waals surface area (Å²) in [5, 5.41) is 20.3. The summed E-state index contributed by atoms with van der Waals surface area (Å²) in [6.45, 7) is -0.416. The molecule has 0 atom stereocenters. The fourth-order valence-electron chi connectivity index (χ4n) is 2.49. The van der Waals surface area contributed by atoms with Crippen molar-refractivity contribution in [2.45, 2.75) is 18.9 Å². The lowest BCUT2D eigenvalue weighted by Crippen LogP contribution is -2.37. The van der Waals surface area contributed by atoms with Gasteiger partial charge in [0.25, 0.3) is 11.6 Å². The van der Waals surface area contributed by atoms with E-state index in [0.29, 0.717) is 0 Å². The SMILES string of the molecule is O=C(O)CN(C(=O)c1ccc(-n2ccnc2)c([N+](=O)[O-])c1)C1CC1. The molecule has 1 fully saturated rings. The van der Waals surface area contributed by atoms with Gasteiger partial charge in [0.2, 0.25) is 0 Å². The summed E-state index contributed by atoms with van der Waals surface area (Å²) in [6.07, 6.45) is 5.96. The molecule has 9 nitrogen and oxygen atoms in total. The zero-order valence-corrected chi connectivity index (χ0v) is 12.5. The zero-order chi connectivity index (χ0) is 17.3. The van der Waals surface area contributed by atoms with Gasteiger partial charge in [-0.3, -0.25) is 19.7 Å². The van der Waals surface area contributed by atoms with E-state index < -0.39 is 23.3 Å². The van der Waals surface area contributed by atoms with Crippen LogP contribution in [-0.4, -0.2) is 48.9 Å². The van der Waals surface area contributed by atoms with E-state index in [1.165, 1.54) is 40.2 Å². The normalized spacial score (nSPS) is 13.5. The van der Waals surface area contributed by atoms with E-state index >= 15 is 0 Å². The highest BCUT2D eigenvalue weighted by atomic mass is 16.6. The van der Waals surface area contributed by atoms with Crippen molar-refractivity contribution >= 4 is 17.6 Å². The third kappa shape index (κ3) is 3.09. The maximum Gasteiger partial charge on any atom is 0.323 e. The van der Waals surface area contributed by atoms with Crippen LogP contribution in [0.2, 0.25) is 0 Å². The molecule has 2 aromatic rings. The molecule has 124 valence electrons. The molecule has 3 rings (SSSR count). The van der Waals surface area contributed by atoms with Crippen LogP contribution in [0, 0.1) is 10.1 Å². The average molecular weight is 330 g/mol. The van der Waals surface area contributed by atoms with Crippen molar-refractivity contribution in [1.82, 2.24) is 14.5 Å². The Bertz CT molecular complexity index is 798. The van der Waals surface area contributed by atoms with Crippen LogP contribution in [0.4, 0.5) is 5.69 Å². The number of nitrogens with zero attached hydrogens (tertiary/aromatic N) is 4. The lowest BCUT2D eigenvalue weighted by Gasteiger charge is -2.20. The highest BCUT2D eigenvalue weighted by Gasteiger charge is 2.35. The van der Waals surface area contributed by atoms with E-state index in [0.717, 1.165) is 12.8 Å². The molecule has 0 spiro atoms. The Morgan fingerprint density at radius 2 is 2.17 bits per heavy atom. The monoisotopic (exact) mass is 330 g/mol. The van der Waals surface area contributed by atoms with Crippen molar-refractivity contribution in [3.63, 3.8) is 0 Å². The van der Waals surface area contributed by atoms with E-state index in [-0.39, 0.29) is 23.0 Å². The largest absolute Gasteiger partial charge is 0.480 e. The molecule has 1 aliphatic carbocycles. The maximum atomic E-state index is 12.6. The van der Waals surface area contributed by atoms with Crippen molar-refractivity contribution in [2.75, 3.05) is 6.54 Å². The van der Waals surface area contributed by atoms with Crippen LogP contribution in [0.25, 0.3) is 5.69 Å². The minimum atomic E-state index is -1.11. The molecule has 0 unspecified atom stereocenters. The number of carbonyl (C=O) groups is 2. The first-order valence-corrected chi connectivity index (χ1v) is 7.27. The Morgan fingerprint density at radius 1 is 1.42 bits per heavy atom. The van der Waals surface area contributed by atoms with Crippen LogP contribution in [-0.2, 0) is 4.79 Å². The van der Waals surface area contributed by atoms with Gasteiger partial charge in [0.1, 0.15) is 12.2 Å². The van der Waals surface area contributed by atoms with Crippen LogP contribution >= 0.6 is 0 Å². The predicted molar refractivity (Wildman–Crippen MR) is 81.9 cm³/mol. The number of hydrogen-bond acceptors (Lipinski definition) is 5. The van der Waals surface area contributed by atoms with E-state index in [9.17, 15) is 19.7 Å². The van der Waals surface area contributed by atoms with Gasteiger partial charge in [-0.25, -0.2) is 4.98 Å². The highest BCUT2D eigenvalue weighted by Crippen LogP contribution is 2.30. The number of benzene rings is 1. The molecular formula is C15H14N4O5. The third-order valence-electron chi connectivity index (χ3n) is 3.76. The molecule has 1 aromatic heterocycles. The number of carbonyl (C=O) groups excluding carboxylic acids is 1. The van der Waals surface area contributed by atoms with Gasteiger partial charge >= 0.3 is 5.97 Å². The maximum absolute atomic E-state index is 12.6. The second-order valence-corrected chi connectivity index (χ2v) is 5.49. The summed E-state index contributed by atoms with van der Waals surface area (Å²) < 4.78 is 1.47. The topological polar surface area (TPSA) is 119 Å². The Hall–Kier alpha value is -3.23. The van der Waals surface area contributed by atoms with Crippen LogP contribution in [0.3, 0.4) is 0 Å². The molecule has 9 heteroatoms. The van der Waals surface area contributed by atoms with Crippen molar-refractivity contribution in [3.8, 4) is 5.69 Å². The van der Waals surface area contributed by atoms with Gasteiger partial charge < -0.3 is 14.6 Å². The average Bonchev–Trinajstić information content (AvgIpc) is 3.25. The van der Waals surface area contributed by atoms with Crippen LogP contribution in [0.5, 0.6) is 0 Å². The van der Waals surface area contributed by atoms with E-state index in [2.05, 4.69) is 4.98 Å². The molecule has 0 radical (unpaired) electrons. The number of rotatable bonds is 6.